The number of ether oxygens (including phenoxy) is 3. The number of morpholine rings is 1. The van der Waals surface area contributed by atoms with Crippen molar-refractivity contribution < 1.29 is 32.6 Å². The maximum absolute atomic E-state index is 13.0. The van der Waals surface area contributed by atoms with Crippen molar-refractivity contribution in [3.63, 3.8) is 0 Å². The van der Waals surface area contributed by atoms with Crippen molar-refractivity contribution in [1.29, 1.82) is 0 Å². The Morgan fingerprint density at radius 1 is 1.18 bits per heavy atom. The Balaban J connectivity index is 2.04. The normalized spacial score (nSPS) is 18.0. The fourth-order valence-electron chi connectivity index (χ4n) is 3.47. The van der Waals surface area contributed by atoms with E-state index in [0.717, 1.165) is 16.2 Å². The highest BCUT2D eigenvalue weighted by Gasteiger charge is 2.35. The number of carbonyl (C=O) groups excluding carboxylic acids is 2. The molecule has 1 unspecified atom stereocenters. The molecule has 2 amide bonds. The molecule has 0 bridgehead atoms. The monoisotopic (exact) mass is 570 g/mol. The summed E-state index contributed by atoms with van der Waals surface area (Å²) < 4.78 is 38.6. The van der Waals surface area contributed by atoms with Crippen LogP contribution in [0.3, 0.4) is 0 Å². The molecule has 0 saturated carbocycles. The number of hydrogen-bond acceptors (Lipinski definition) is 11. The van der Waals surface area contributed by atoms with E-state index in [-0.39, 0.29) is 22.8 Å². The van der Waals surface area contributed by atoms with Gasteiger partial charge in [-0.15, -0.1) is 0 Å². The van der Waals surface area contributed by atoms with Gasteiger partial charge in [-0.3, -0.25) is 0 Å². The molecule has 1 aliphatic rings. The van der Waals surface area contributed by atoms with E-state index in [1.54, 1.807) is 47.6 Å². The Bertz CT molecular complexity index is 1190. The molecule has 12 nitrogen and oxygen atoms in total. The molecule has 0 aliphatic carbocycles. The van der Waals surface area contributed by atoms with E-state index in [1.807, 2.05) is 11.8 Å². The van der Waals surface area contributed by atoms with E-state index in [9.17, 15) is 18.4 Å². The van der Waals surface area contributed by atoms with Gasteiger partial charge >= 0.3 is 12.2 Å². The number of rotatable bonds is 5. The predicted octanol–water partition coefficient (Wildman–Crippen LogP) is 4.60. The average Bonchev–Trinajstić information content (AvgIpc) is 3.19. The molecule has 210 valence electrons. The number of hydrogen-bond donors (Lipinski definition) is 1. The van der Waals surface area contributed by atoms with Crippen LogP contribution in [0.25, 0.3) is 10.7 Å². The first-order valence-electron chi connectivity index (χ1n) is 12.1. The Labute approximate surface area is 228 Å². The zero-order chi connectivity index (χ0) is 28.5. The molecule has 1 aliphatic heterocycles. The molecule has 14 heteroatoms. The highest BCUT2D eigenvalue weighted by Crippen LogP contribution is 2.33. The van der Waals surface area contributed by atoms with Gasteiger partial charge in [0.25, 0.3) is 0 Å². The third kappa shape index (κ3) is 8.41. The molecule has 2 aromatic heterocycles. The number of carbonyl (C=O) groups is 2. The predicted molar refractivity (Wildman–Crippen MR) is 146 cm³/mol. The third-order valence-corrected chi connectivity index (χ3v) is 6.71. The number of amides is 2. The number of anilines is 2. The van der Waals surface area contributed by atoms with Crippen LogP contribution < -0.4 is 9.80 Å². The van der Waals surface area contributed by atoms with E-state index in [2.05, 4.69) is 9.97 Å². The summed E-state index contributed by atoms with van der Waals surface area (Å²) in [5, 5.41) is 0.0141. The lowest BCUT2D eigenvalue weighted by atomic mass is 10.2. The van der Waals surface area contributed by atoms with Gasteiger partial charge in [-0.25, -0.2) is 24.5 Å². The number of aromatic nitrogens is 3. The van der Waals surface area contributed by atoms with Crippen LogP contribution in [0.4, 0.5) is 20.5 Å². The van der Waals surface area contributed by atoms with Gasteiger partial charge in [0, 0.05) is 12.6 Å². The summed E-state index contributed by atoms with van der Waals surface area (Å²) in [6, 6.07) is 1.73. The molecule has 38 heavy (non-hydrogen) atoms. The summed E-state index contributed by atoms with van der Waals surface area (Å²) in [5.41, 5.74) is -1.35. The van der Waals surface area contributed by atoms with Gasteiger partial charge in [-0.05, 0) is 48.5 Å². The first-order valence-corrected chi connectivity index (χ1v) is 15.0. The first-order chi connectivity index (χ1) is 17.4. The lowest BCUT2D eigenvalue weighted by molar-refractivity contribution is 0.0430. The highest BCUT2D eigenvalue weighted by atomic mass is 32.3. The molecule has 1 N–H and O–H groups in total. The third-order valence-electron chi connectivity index (χ3n) is 4.90. The van der Waals surface area contributed by atoms with Crippen LogP contribution in [-0.4, -0.2) is 74.9 Å². The molecular weight excluding hydrogens is 534 g/mol. The molecule has 3 rings (SSSR count). The van der Waals surface area contributed by atoms with Crippen LogP contribution in [-0.2, 0) is 34.4 Å². The van der Waals surface area contributed by atoms with Gasteiger partial charge < -0.3 is 19.1 Å². The van der Waals surface area contributed by atoms with Crippen LogP contribution in [0.2, 0.25) is 0 Å². The summed E-state index contributed by atoms with van der Waals surface area (Å²) in [7, 11) is -3.13. The first kappa shape index (κ1) is 29.9. The molecule has 1 fully saturated rings. The largest absolute Gasteiger partial charge is 0.443 e. The summed E-state index contributed by atoms with van der Waals surface area (Å²) in [6.45, 7) is 13.8. The van der Waals surface area contributed by atoms with Gasteiger partial charge in [-0.2, -0.15) is 9.45 Å². The minimum absolute atomic E-state index is 0.0141. The minimum atomic E-state index is -3.13. The van der Waals surface area contributed by atoms with E-state index < -0.39 is 33.6 Å². The van der Waals surface area contributed by atoms with Crippen LogP contribution >= 0.6 is 11.3 Å². The van der Waals surface area contributed by atoms with Crippen LogP contribution in [0.5, 0.6) is 0 Å². The molecule has 1 saturated heterocycles. The van der Waals surface area contributed by atoms with Crippen LogP contribution in [0, 0.1) is 0 Å². The van der Waals surface area contributed by atoms with Crippen molar-refractivity contribution >= 4 is 44.7 Å². The topological polar surface area (TPSA) is 144 Å². The van der Waals surface area contributed by atoms with Gasteiger partial charge in [0.15, 0.2) is 11.6 Å². The van der Waals surface area contributed by atoms with Crippen molar-refractivity contribution in [2.75, 3.05) is 35.8 Å². The molecule has 0 radical (unpaired) electrons. The lowest BCUT2D eigenvalue weighted by Gasteiger charge is -2.34. The molecule has 0 spiro atoms. The molecule has 2 atom stereocenters. The fraction of sp³-hybridized carbons (Fsp3) is 0.625. The summed E-state index contributed by atoms with van der Waals surface area (Å²) in [6.07, 6.45) is 0.818. The summed E-state index contributed by atoms with van der Waals surface area (Å²) >= 11 is 0.997. The second-order valence-corrected chi connectivity index (χ2v) is 14.3. The van der Waals surface area contributed by atoms with E-state index in [0.29, 0.717) is 36.1 Å². The maximum atomic E-state index is 13.0. The zero-order valence-corrected chi connectivity index (χ0v) is 24.6. The second kappa shape index (κ2) is 11.2. The second-order valence-electron chi connectivity index (χ2n) is 11.1. The molecular formula is C24H36N5O7S2+. The summed E-state index contributed by atoms with van der Waals surface area (Å²) in [5.74, 6) is 0.662. The van der Waals surface area contributed by atoms with Crippen LogP contribution in [0.1, 0.15) is 54.2 Å². The fourth-order valence-corrected chi connectivity index (χ4v) is 5.00. The Morgan fingerprint density at radius 2 is 1.79 bits per heavy atom. The van der Waals surface area contributed by atoms with E-state index in [4.69, 9.17) is 19.2 Å². The van der Waals surface area contributed by atoms with Gasteiger partial charge in [0.2, 0.25) is 15.3 Å². The van der Waals surface area contributed by atoms with E-state index >= 15 is 0 Å². The zero-order valence-electron chi connectivity index (χ0n) is 23.0. The van der Waals surface area contributed by atoms with Crippen molar-refractivity contribution in [2.45, 2.75) is 71.5 Å². The SMILES string of the molecule is C[C@H]1COCCN1c1cc(C[S+](C)(=O)O)nc(-c2cnc(N(C(=O)OC(C)(C)C)C(=O)OC(C)(C)C)s2)n1. The maximum Gasteiger partial charge on any atom is 0.426 e. The minimum Gasteiger partial charge on any atom is -0.443 e. The van der Waals surface area contributed by atoms with Crippen molar-refractivity contribution in [1.82, 2.24) is 15.0 Å². The van der Waals surface area contributed by atoms with Crippen molar-refractivity contribution in [2.24, 2.45) is 0 Å². The summed E-state index contributed by atoms with van der Waals surface area (Å²) in [4.78, 5) is 42.7. The van der Waals surface area contributed by atoms with E-state index in [1.165, 1.54) is 12.5 Å². The Hall–Kier alpha value is -2.68. The average molecular weight is 571 g/mol. The van der Waals surface area contributed by atoms with Gasteiger partial charge in [0.1, 0.15) is 23.3 Å². The number of imide groups is 1. The molecule has 2 aromatic rings. The van der Waals surface area contributed by atoms with Crippen molar-refractivity contribution in [3.05, 3.63) is 18.0 Å². The Kier molecular flexibility index (Phi) is 8.81. The number of nitrogens with zero attached hydrogens (tertiary/aromatic N) is 5. The Morgan fingerprint density at radius 3 is 2.32 bits per heavy atom. The lowest BCUT2D eigenvalue weighted by Crippen LogP contribution is -2.44. The molecule has 0 aromatic carbocycles. The number of thiazole rings is 1. The van der Waals surface area contributed by atoms with Gasteiger partial charge in [0.05, 0.1) is 36.0 Å². The van der Waals surface area contributed by atoms with Gasteiger partial charge in [-0.1, -0.05) is 15.5 Å². The standard InChI is InChI=1S/C24H35N5O7S2/c1-15-13-34-10-9-28(15)18-11-16(14-38(8,32)33)26-19(27-18)17-12-25-20(37-17)29(21(30)35-23(2,3)4)22(31)36-24(5,6)7/h11-12,15H,9-10,13-14H2,1-8H3/p+1/t15-/m0/s1. The van der Waals surface area contributed by atoms with Crippen molar-refractivity contribution in [3.8, 4) is 10.7 Å². The smallest absolute Gasteiger partial charge is 0.426 e. The van der Waals surface area contributed by atoms with Crippen LogP contribution in [0.15, 0.2) is 12.3 Å². The quantitative estimate of drug-likeness (QED) is 0.503. The highest BCUT2D eigenvalue weighted by molar-refractivity contribution is 7.96. The molecule has 3 heterocycles.